The maximum atomic E-state index is 11.2. The van der Waals surface area contributed by atoms with Crippen LogP contribution in [-0.2, 0) is 6.42 Å². The Bertz CT molecular complexity index is 1330. The van der Waals surface area contributed by atoms with Crippen molar-refractivity contribution in [1.29, 1.82) is 0 Å². The molecule has 0 fully saturated rings. The van der Waals surface area contributed by atoms with E-state index in [0.29, 0.717) is 36.0 Å². The molecule has 0 bridgehead atoms. The number of aliphatic hydroxyl groups is 1. The summed E-state index contributed by atoms with van der Waals surface area (Å²) in [5, 5.41) is 30.8. The van der Waals surface area contributed by atoms with Gasteiger partial charge in [0.1, 0.15) is 11.5 Å². The molecule has 0 saturated carbocycles. The van der Waals surface area contributed by atoms with Crippen molar-refractivity contribution in [2.75, 3.05) is 23.7 Å². The molecule has 0 aliphatic carbocycles. The second-order valence-electron chi connectivity index (χ2n) is 8.47. The first-order valence-corrected chi connectivity index (χ1v) is 12.1. The smallest absolute Gasteiger partial charge is 0.274 e. The minimum atomic E-state index is -0.611. The van der Waals surface area contributed by atoms with E-state index < -0.39 is 11.0 Å². The van der Waals surface area contributed by atoms with Gasteiger partial charge in [-0.15, -0.1) is 0 Å². The number of ether oxygens (including phenoxy) is 1. The summed E-state index contributed by atoms with van der Waals surface area (Å²) in [5.74, 6) is 1.52. The number of nitrogens with one attached hydrogen (secondary N) is 3. The molecule has 1 aromatic heterocycles. The Morgan fingerprint density at radius 1 is 0.947 bits per heavy atom. The van der Waals surface area contributed by atoms with Crippen LogP contribution >= 0.6 is 0 Å². The highest BCUT2D eigenvalue weighted by molar-refractivity contribution is 5.58. The summed E-state index contributed by atoms with van der Waals surface area (Å²) in [6.07, 6.45) is 4.37. The van der Waals surface area contributed by atoms with Crippen LogP contribution in [0.1, 0.15) is 17.2 Å². The van der Waals surface area contributed by atoms with E-state index in [0.717, 1.165) is 23.7 Å². The molecule has 1 atom stereocenters. The molecule has 3 aromatic carbocycles. The molecule has 4 N–H and O–H groups in total. The van der Waals surface area contributed by atoms with E-state index >= 15 is 0 Å². The van der Waals surface area contributed by atoms with Gasteiger partial charge in [0.2, 0.25) is 0 Å². The zero-order valence-electron chi connectivity index (χ0n) is 20.7. The van der Waals surface area contributed by atoms with Crippen molar-refractivity contribution in [3.05, 3.63) is 137 Å². The van der Waals surface area contributed by atoms with Crippen LogP contribution in [0, 0.1) is 10.1 Å². The van der Waals surface area contributed by atoms with Gasteiger partial charge in [-0.1, -0.05) is 42.5 Å². The molecule has 194 valence electrons. The Kier molecular flexibility index (Phi) is 9.39. The maximum absolute atomic E-state index is 11.2. The summed E-state index contributed by atoms with van der Waals surface area (Å²) < 4.78 is 5.85. The van der Waals surface area contributed by atoms with Crippen LogP contribution in [0.15, 0.2) is 115 Å². The second-order valence-corrected chi connectivity index (χ2v) is 8.47. The lowest BCUT2D eigenvalue weighted by Gasteiger charge is -2.14. The normalized spacial score (nSPS) is 12.0. The Morgan fingerprint density at radius 2 is 1.71 bits per heavy atom. The van der Waals surface area contributed by atoms with Crippen LogP contribution in [0.4, 0.5) is 11.4 Å². The van der Waals surface area contributed by atoms with Gasteiger partial charge < -0.3 is 25.8 Å². The second kappa shape index (κ2) is 13.5. The molecule has 4 aromatic rings. The average molecular weight is 512 g/mol. The van der Waals surface area contributed by atoms with Crippen molar-refractivity contribution in [2.24, 2.45) is 0 Å². The van der Waals surface area contributed by atoms with Crippen LogP contribution in [0.5, 0.6) is 11.5 Å². The highest BCUT2D eigenvalue weighted by Gasteiger charge is 2.08. The zero-order valence-corrected chi connectivity index (χ0v) is 20.7. The standard InChI is InChI=1S/C29H29N5O4/c35-28(23-6-5-16-30-19-23)20-31-17-15-22-11-13-24(14-12-22)32-29(21-34(36)37)33-25-7-4-10-27(18-25)38-26-8-2-1-3-9-26/h1-14,16,18-19,21,28,31-33,35H,15,17,20H2/b29-21-/t28-/m0/s1. The molecule has 0 spiro atoms. The van der Waals surface area contributed by atoms with Gasteiger partial charge in [0.15, 0.2) is 5.82 Å². The van der Waals surface area contributed by atoms with Crippen molar-refractivity contribution >= 4 is 11.4 Å². The largest absolute Gasteiger partial charge is 0.457 e. The Labute approximate surface area is 221 Å². The molecule has 38 heavy (non-hydrogen) atoms. The van der Waals surface area contributed by atoms with E-state index in [-0.39, 0.29) is 5.82 Å². The molecule has 1 heterocycles. The van der Waals surface area contributed by atoms with Crippen molar-refractivity contribution in [3.8, 4) is 11.5 Å². The topological polar surface area (TPSA) is 122 Å². The zero-order chi connectivity index (χ0) is 26.6. The first-order valence-electron chi connectivity index (χ1n) is 12.1. The van der Waals surface area contributed by atoms with E-state index in [4.69, 9.17) is 4.74 Å². The number of aliphatic hydroxyl groups excluding tert-OH is 1. The summed E-state index contributed by atoms with van der Waals surface area (Å²) in [4.78, 5) is 14.7. The predicted molar refractivity (Wildman–Crippen MR) is 147 cm³/mol. The van der Waals surface area contributed by atoms with Crippen molar-refractivity contribution in [3.63, 3.8) is 0 Å². The fourth-order valence-electron chi connectivity index (χ4n) is 3.69. The fraction of sp³-hybridized carbons (Fsp3) is 0.138. The van der Waals surface area contributed by atoms with E-state index in [2.05, 4.69) is 20.9 Å². The first-order chi connectivity index (χ1) is 18.5. The van der Waals surface area contributed by atoms with Gasteiger partial charge in [-0.25, -0.2) is 0 Å². The monoisotopic (exact) mass is 511 g/mol. The number of nitro groups is 1. The first kappa shape index (κ1) is 26.3. The third kappa shape index (κ3) is 8.44. The van der Waals surface area contributed by atoms with Crippen LogP contribution in [-0.4, -0.2) is 28.1 Å². The minimum Gasteiger partial charge on any atom is -0.457 e. The van der Waals surface area contributed by atoms with Crippen LogP contribution in [0.25, 0.3) is 0 Å². The SMILES string of the molecule is O=[N+]([O-])/C=C(/Nc1ccc(CCNC[C@H](O)c2cccnc2)cc1)Nc1cccc(Oc2ccccc2)c1. The lowest BCUT2D eigenvalue weighted by atomic mass is 10.1. The number of hydrogen-bond acceptors (Lipinski definition) is 8. The molecule has 9 heteroatoms. The van der Waals surface area contributed by atoms with Gasteiger partial charge in [0, 0.05) is 41.9 Å². The third-order valence-corrected chi connectivity index (χ3v) is 5.56. The molecule has 0 radical (unpaired) electrons. The van der Waals surface area contributed by atoms with E-state index in [1.54, 1.807) is 30.6 Å². The number of para-hydroxylation sites is 1. The molecular formula is C29H29N5O4. The van der Waals surface area contributed by atoms with Crippen LogP contribution in [0.3, 0.4) is 0 Å². The van der Waals surface area contributed by atoms with Gasteiger partial charge in [-0.05, 0) is 61.0 Å². The maximum Gasteiger partial charge on any atom is 0.274 e. The van der Waals surface area contributed by atoms with E-state index in [1.165, 1.54) is 0 Å². The number of pyridine rings is 1. The number of nitrogens with zero attached hydrogens (tertiary/aromatic N) is 2. The summed E-state index contributed by atoms with van der Waals surface area (Å²) in [7, 11) is 0. The van der Waals surface area contributed by atoms with Crippen molar-refractivity contribution in [2.45, 2.75) is 12.5 Å². The Balaban J connectivity index is 1.30. The summed E-state index contributed by atoms with van der Waals surface area (Å²) >= 11 is 0. The molecule has 0 aliphatic rings. The summed E-state index contributed by atoms with van der Waals surface area (Å²) in [5.41, 5.74) is 3.21. The summed E-state index contributed by atoms with van der Waals surface area (Å²) in [6.45, 7) is 1.13. The highest BCUT2D eigenvalue weighted by Crippen LogP contribution is 2.25. The lowest BCUT2D eigenvalue weighted by Crippen LogP contribution is -2.23. The van der Waals surface area contributed by atoms with Gasteiger partial charge >= 0.3 is 0 Å². The molecule has 0 aliphatic heterocycles. The van der Waals surface area contributed by atoms with E-state index in [9.17, 15) is 15.2 Å². The number of benzene rings is 3. The minimum absolute atomic E-state index is 0.214. The molecule has 0 amide bonds. The molecule has 0 saturated heterocycles. The van der Waals surface area contributed by atoms with Crippen LogP contribution < -0.4 is 20.7 Å². The number of hydrogen-bond donors (Lipinski definition) is 4. The average Bonchev–Trinajstić information content (AvgIpc) is 2.93. The Morgan fingerprint density at radius 3 is 2.45 bits per heavy atom. The molecule has 0 unspecified atom stereocenters. The fourth-order valence-corrected chi connectivity index (χ4v) is 3.69. The number of rotatable bonds is 13. The van der Waals surface area contributed by atoms with Crippen LogP contribution in [0.2, 0.25) is 0 Å². The quantitative estimate of drug-likeness (QED) is 0.108. The van der Waals surface area contributed by atoms with Crippen molar-refractivity contribution in [1.82, 2.24) is 10.3 Å². The predicted octanol–water partition coefficient (Wildman–Crippen LogP) is 5.34. The van der Waals surface area contributed by atoms with Gasteiger partial charge in [0.25, 0.3) is 6.20 Å². The Hall–Kier alpha value is -4.73. The number of anilines is 2. The highest BCUT2D eigenvalue weighted by atomic mass is 16.6. The lowest BCUT2D eigenvalue weighted by molar-refractivity contribution is -0.403. The van der Waals surface area contributed by atoms with Gasteiger partial charge in [0.05, 0.1) is 11.0 Å². The molecule has 9 nitrogen and oxygen atoms in total. The third-order valence-electron chi connectivity index (χ3n) is 5.56. The van der Waals surface area contributed by atoms with Crippen molar-refractivity contribution < 1.29 is 14.8 Å². The molecular weight excluding hydrogens is 482 g/mol. The molecule has 4 rings (SSSR count). The van der Waals surface area contributed by atoms with Gasteiger partial charge in [-0.3, -0.25) is 15.1 Å². The number of aromatic nitrogens is 1. The summed E-state index contributed by atoms with van der Waals surface area (Å²) in [6, 6.07) is 27.9. The van der Waals surface area contributed by atoms with E-state index in [1.807, 2.05) is 72.8 Å². The van der Waals surface area contributed by atoms with Gasteiger partial charge in [-0.2, -0.15) is 0 Å².